The molecule has 152 valence electrons. The molecule has 0 atom stereocenters. The third-order valence-corrected chi connectivity index (χ3v) is 4.44. The molecule has 0 unspecified atom stereocenters. The van der Waals surface area contributed by atoms with Gasteiger partial charge >= 0.3 is 0 Å². The van der Waals surface area contributed by atoms with Crippen molar-refractivity contribution in [2.45, 2.75) is 13.8 Å². The number of pyridine rings is 1. The number of hydrogen-bond donors (Lipinski definition) is 4. The highest BCUT2D eigenvalue weighted by atomic mass is 19.1. The number of rotatable bonds is 5. The number of amides is 1. The molecular formula is C20H18FN7O2. The predicted octanol–water partition coefficient (Wildman–Crippen LogP) is 3.32. The Hall–Kier alpha value is -4.21. The van der Waals surface area contributed by atoms with Gasteiger partial charge in [0.15, 0.2) is 5.65 Å². The maximum atomic E-state index is 14.3. The minimum atomic E-state index is -0.743. The largest absolute Gasteiger partial charge is 0.465 e. The van der Waals surface area contributed by atoms with Crippen LogP contribution in [0, 0.1) is 5.95 Å². The van der Waals surface area contributed by atoms with Gasteiger partial charge < -0.3 is 15.8 Å². The number of halogens is 1. The minimum Gasteiger partial charge on any atom is -0.465 e. The fourth-order valence-electron chi connectivity index (χ4n) is 3.04. The molecule has 4 rings (SSSR count). The van der Waals surface area contributed by atoms with Crippen molar-refractivity contribution in [1.82, 2.24) is 25.4 Å². The van der Waals surface area contributed by atoms with Crippen LogP contribution in [0.4, 0.5) is 10.1 Å². The molecule has 30 heavy (non-hydrogen) atoms. The summed E-state index contributed by atoms with van der Waals surface area (Å²) >= 11 is 0. The number of H-pyrrole nitrogens is 2. The Kier molecular flexibility index (Phi) is 4.66. The minimum absolute atomic E-state index is 0.135. The number of hydrogen-bond acceptors (Lipinski definition) is 6. The van der Waals surface area contributed by atoms with Crippen LogP contribution in [-0.4, -0.2) is 31.3 Å². The van der Waals surface area contributed by atoms with E-state index in [1.54, 1.807) is 38.4 Å². The maximum Gasteiger partial charge on any atom is 0.275 e. The third kappa shape index (κ3) is 3.46. The van der Waals surface area contributed by atoms with Crippen LogP contribution in [0.1, 0.15) is 13.8 Å². The first kappa shape index (κ1) is 19.1. The third-order valence-electron chi connectivity index (χ3n) is 4.44. The molecule has 0 spiro atoms. The summed E-state index contributed by atoms with van der Waals surface area (Å²) in [4.78, 5) is 16.9. The van der Waals surface area contributed by atoms with Crippen molar-refractivity contribution in [3.8, 4) is 11.1 Å². The first-order valence-corrected chi connectivity index (χ1v) is 8.91. The molecule has 0 fully saturated rings. The van der Waals surface area contributed by atoms with E-state index in [4.69, 9.17) is 10.5 Å². The first-order valence-electron chi connectivity index (χ1n) is 8.91. The van der Waals surface area contributed by atoms with Crippen LogP contribution in [-0.2, 0) is 9.53 Å². The number of carbonyl (C=O) groups excluding carboxylic acids is 1. The SMILES string of the molecule is C=C(C)O/C(C)=C(\N)C(=O)Nc1cc(-c2cnc3[nH]ncc3c2)cc2[nH]nc(F)c12. The van der Waals surface area contributed by atoms with Crippen LogP contribution in [0.5, 0.6) is 0 Å². The van der Waals surface area contributed by atoms with Crippen LogP contribution in [0.3, 0.4) is 0 Å². The number of aromatic nitrogens is 5. The Bertz CT molecular complexity index is 1340. The van der Waals surface area contributed by atoms with E-state index >= 15 is 0 Å². The summed E-state index contributed by atoms with van der Waals surface area (Å²) in [6.45, 7) is 6.78. The summed E-state index contributed by atoms with van der Waals surface area (Å²) in [6, 6.07) is 5.23. The summed E-state index contributed by atoms with van der Waals surface area (Å²) in [5, 5.41) is 16.6. The lowest BCUT2D eigenvalue weighted by Gasteiger charge is -2.12. The second-order valence-corrected chi connectivity index (χ2v) is 6.72. The van der Waals surface area contributed by atoms with Crippen molar-refractivity contribution in [2.24, 2.45) is 5.73 Å². The molecule has 1 aromatic carbocycles. The van der Waals surface area contributed by atoms with Gasteiger partial charge in [0, 0.05) is 17.1 Å². The number of nitrogens with two attached hydrogens (primary N) is 1. The van der Waals surface area contributed by atoms with Gasteiger partial charge in [-0.25, -0.2) is 4.98 Å². The van der Waals surface area contributed by atoms with Crippen LogP contribution in [0.15, 0.2) is 54.4 Å². The van der Waals surface area contributed by atoms with Gasteiger partial charge in [-0.1, -0.05) is 6.58 Å². The summed E-state index contributed by atoms with van der Waals surface area (Å²) < 4.78 is 19.6. The predicted molar refractivity (Wildman–Crippen MR) is 110 cm³/mol. The molecule has 0 aliphatic carbocycles. The molecule has 10 heteroatoms. The van der Waals surface area contributed by atoms with Gasteiger partial charge in [0.2, 0.25) is 5.95 Å². The van der Waals surface area contributed by atoms with Crippen LogP contribution in [0.25, 0.3) is 33.1 Å². The van der Waals surface area contributed by atoms with E-state index in [0.29, 0.717) is 22.5 Å². The molecule has 0 aliphatic rings. The number of benzene rings is 1. The van der Waals surface area contributed by atoms with Crippen LogP contribution >= 0.6 is 0 Å². The number of allylic oxidation sites excluding steroid dienone is 2. The lowest BCUT2D eigenvalue weighted by molar-refractivity contribution is -0.113. The van der Waals surface area contributed by atoms with Gasteiger partial charge in [0.05, 0.1) is 28.5 Å². The van der Waals surface area contributed by atoms with Crippen LogP contribution in [0.2, 0.25) is 0 Å². The topological polar surface area (TPSA) is 135 Å². The molecule has 0 saturated carbocycles. The van der Waals surface area contributed by atoms with Crippen molar-refractivity contribution >= 4 is 33.5 Å². The molecule has 3 heterocycles. The highest BCUT2D eigenvalue weighted by Crippen LogP contribution is 2.32. The Morgan fingerprint density at radius 2 is 2.00 bits per heavy atom. The zero-order chi connectivity index (χ0) is 21.4. The van der Waals surface area contributed by atoms with Gasteiger partial charge in [-0.3, -0.25) is 15.0 Å². The number of fused-ring (bicyclic) bond motifs is 2. The highest BCUT2D eigenvalue weighted by Gasteiger charge is 2.18. The van der Waals surface area contributed by atoms with E-state index < -0.39 is 11.9 Å². The lowest BCUT2D eigenvalue weighted by atomic mass is 10.0. The number of aromatic amines is 2. The number of ether oxygens (including phenoxy) is 1. The van der Waals surface area contributed by atoms with Crippen molar-refractivity contribution in [2.75, 3.05) is 5.32 Å². The monoisotopic (exact) mass is 407 g/mol. The molecule has 0 bridgehead atoms. The second-order valence-electron chi connectivity index (χ2n) is 6.72. The van der Waals surface area contributed by atoms with Crippen molar-refractivity contribution < 1.29 is 13.9 Å². The summed E-state index contributed by atoms with van der Waals surface area (Å²) in [7, 11) is 0. The molecular weight excluding hydrogens is 389 g/mol. The van der Waals surface area contributed by atoms with E-state index in [0.717, 1.165) is 10.9 Å². The second kappa shape index (κ2) is 7.32. The molecule has 5 N–H and O–H groups in total. The fourth-order valence-corrected chi connectivity index (χ4v) is 3.04. The zero-order valence-corrected chi connectivity index (χ0v) is 16.2. The van der Waals surface area contributed by atoms with Crippen molar-refractivity contribution in [1.29, 1.82) is 0 Å². The van der Waals surface area contributed by atoms with Crippen molar-refractivity contribution in [3.63, 3.8) is 0 Å². The molecule has 0 saturated heterocycles. The fraction of sp³-hybridized carbons (Fsp3) is 0.100. The molecule has 3 aromatic heterocycles. The quantitative estimate of drug-likeness (QED) is 0.296. The van der Waals surface area contributed by atoms with E-state index in [2.05, 4.69) is 37.3 Å². The Labute approximate surface area is 169 Å². The maximum absolute atomic E-state index is 14.3. The first-order chi connectivity index (χ1) is 14.3. The average molecular weight is 407 g/mol. The van der Waals surface area contributed by atoms with Gasteiger partial charge in [-0.15, -0.1) is 5.10 Å². The van der Waals surface area contributed by atoms with E-state index in [1.807, 2.05) is 6.07 Å². The molecule has 9 nitrogen and oxygen atoms in total. The van der Waals surface area contributed by atoms with Gasteiger partial charge in [-0.05, 0) is 37.6 Å². The summed E-state index contributed by atoms with van der Waals surface area (Å²) in [5.41, 5.74) is 8.43. The summed E-state index contributed by atoms with van der Waals surface area (Å²) in [5.74, 6) is -0.811. The van der Waals surface area contributed by atoms with E-state index in [-0.39, 0.29) is 22.5 Å². The molecule has 1 amide bonds. The molecule has 4 aromatic rings. The van der Waals surface area contributed by atoms with Gasteiger partial charge in [-0.2, -0.15) is 9.49 Å². The van der Waals surface area contributed by atoms with E-state index in [1.165, 1.54) is 0 Å². The highest BCUT2D eigenvalue weighted by molar-refractivity contribution is 6.09. The van der Waals surface area contributed by atoms with E-state index in [9.17, 15) is 9.18 Å². The smallest absolute Gasteiger partial charge is 0.275 e. The van der Waals surface area contributed by atoms with Crippen molar-refractivity contribution in [3.05, 3.63) is 60.3 Å². The Morgan fingerprint density at radius 3 is 2.77 bits per heavy atom. The standard InChI is InChI=1S/C20H18FN7O2/c1-9(2)30-10(3)17(22)20(29)25-14-5-11(6-15-16(14)18(21)27-26-15)12-4-13-8-24-28-19(13)23-7-12/h4-8H,1,22H2,2-3H3,(H,25,29)(H,26,27)(H,23,24,28)/b17-10-. The van der Waals surface area contributed by atoms with Gasteiger partial charge in [0.1, 0.15) is 11.5 Å². The Balaban J connectivity index is 1.77. The number of nitrogens with zero attached hydrogens (tertiary/aromatic N) is 3. The zero-order valence-electron chi connectivity index (χ0n) is 16.2. The normalized spacial score (nSPS) is 12.1. The Morgan fingerprint density at radius 1 is 1.20 bits per heavy atom. The number of nitrogens with one attached hydrogen (secondary N) is 3. The summed E-state index contributed by atoms with van der Waals surface area (Å²) in [6.07, 6.45) is 3.30. The van der Waals surface area contributed by atoms with Gasteiger partial charge in [0.25, 0.3) is 5.91 Å². The number of anilines is 1. The number of carbonyl (C=O) groups is 1. The van der Waals surface area contributed by atoms with Crippen LogP contribution < -0.4 is 11.1 Å². The average Bonchev–Trinajstić information content (AvgIpc) is 3.32. The molecule has 0 radical (unpaired) electrons. The molecule has 0 aliphatic heterocycles. The lowest BCUT2D eigenvalue weighted by Crippen LogP contribution is -2.22.